The molecule has 120 valence electrons. The number of nitrogens with zero attached hydrogens (tertiary/aromatic N) is 1. The van der Waals surface area contributed by atoms with E-state index in [1.165, 1.54) is 12.3 Å². The highest BCUT2D eigenvalue weighted by atomic mass is 32.2. The first-order valence-electron chi connectivity index (χ1n) is 6.81. The fraction of sp³-hybridized carbons (Fsp3) is 0.429. The van der Waals surface area contributed by atoms with Crippen LogP contribution in [0.3, 0.4) is 0 Å². The van der Waals surface area contributed by atoms with E-state index in [2.05, 4.69) is 0 Å². The van der Waals surface area contributed by atoms with Gasteiger partial charge in [0.05, 0.1) is 18.8 Å². The maximum absolute atomic E-state index is 13.6. The van der Waals surface area contributed by atoms with Crippen LogP contribution in [0.5, 0.6) is 0 Å². The largest absolute Gasteiger partial charge is 0.463 e. The molecular weight excluding hydrogens is 316 g/mol. The van der Waals surface area contributed by atoms with Crippen LogP contribution in [0.25, 0.3) is 11.0 Å². The molecule has 8 heteroatoms. The van der Waals surface area contributed by atoms with E-state index in [0.29, 0.717) is 5.39 Å². The Morgan fingerprint density at radius 3 is 2.86 bits per heavy atom. The van der Waals surface area contributed by atoms with Crippen molar-refractivity contribution >= 4 is 21.0 Å². The van der Waals surface area contributed by atoms with Gasteiger partial charge in [-0.1, -0.05) is 12.1 Å². The third kappa shape index (κ3) is 2.41. The molecule has 1 aromatic heterocycles. The third-order valence-electron chi connectivity index (χ3n) is 4.00. The summed E-state index contributed by atoms with van der Waals surface area (Å²) in [7, 11) is -3.96. The maximum atomic E-state index is 13.6. The lowest BCUT2D eigenvalue weighted by molar-refractivity contribution is -0.107. The average Bonchev–Trinajstić information content (AvgIpc) is 2.94. The van der Waals surface area contributed by atoms with E-state index in [1.54, 1.807) is 18.2 Å². The zero-order valence-corrected chi connectivity index (χ0v) is 12.4. The van der Waals surface area contributed by atoms with Gasteiger partial charge < -0.3 is 9.52 Å². The highest BCUT2D eigenvalue weighted by molar-refractivity contribution is 7.89. The summed E-state index contributed by atoms with van der Waals surface area (Å²) in [6.45, 7) is -1.46. The second kappa shape index (κ2) is 5.29. The monoisotopic (exact) mass is 331 g/mol. The molecule has 5 nitrogen and oxygen atoms in total. The van der Waals surface area contributed by atoms with Crippen molar-refractivity contribution in [3.63, 3.8) is 0 Å². The molecule has 1 saturated heterocycles. The van der Waals surface area contributed by atoms with Gasteiger partial charge in [0.2, 0.25) is 10.0 Å². The molecule has 0 saturated carbocycles. The predicted octanol–water partition coefficient (Wildman–Crippen LogP) is 2.07. The van der Waals surface area contributed by atoms with Gasteiger partial charge in [0.25, 0.3) is 5.92 Å². The van der Waals surface area contributed by atoms with Crippen LogP contribution in [0, 0.1) is 5.92 Å². The number of benzene rings is 1. The van der Waals surface area contributed by atoms with E-state index >= 15 is 0 Å². The lowest BCUT2D eigenvalue weighted by atomic mass is 9.96. The van der Waals surface area contributed by atoms with Crippen molar-refractivity contribution in [3.8, 4) is 0 Å². The Morgan fingerprint density at radius 1 is 1.36 bits per heavy atom. The topological polar surface area (TPSA) is 70.8 Å². The second-order valence-corrected chi connectivity index (χ2v) is 7.26. The molecule has 3 rings (SSSR count). The lowest BCUT2D eigenvalue weighted by Gasteiger charge is -2.36. The molecule has 1 aliphatic heterocycles. The quantitative estimate of drug-likeness (QED) is 0.935. The fourth-order valence-electron chi connectivity index (χ4n) is 2.67. The number of piperidine rings is 1. The molecular formula is C14H15F2NO4S. The average molecular weight is 331 g/mol. The number of aliphatic hydroxyl groups is 1. The number of para-hydroxylation sites is 1. The Labute approximate surface area is 126 Å². The first-order chi connectivity index (χ1) is 10.4. The number of furan rings is 1. The summed E-state index contributed by atoms with van der Waals surface area (Å²) < 4.78 is 58.9. The molecule has 0 amide bonds. The van der Waals surface area contributed by atoms with Gasteiger partial charge in [-0.15, -0.1) is 0 Å². The third-order valence-corrected chi connectivity index (χ3v) is 5.89. The van der Waals surface area contributed by atoms with Gasteiger partial charge in [-0.05, 0) is 12.1 Å². The number of aliphatic hydroxyl groups excluding tert-OH is 1. The Kier molecular flexibility index (Phi) is 3.70. The number of hydrogen-bond donors (Lipinski definition) is 1. The number of alkyl halides is 2. The van der Waals surface area contributed by atoms with Crippen molar-refractivity contribution in [3.05, 3.63) is 30.5 Å². The minimum absolute atomic E-state index is 0.0445. The van der Waals surface area contributed by atoms with Crippen molar-refractivity contribution in [2.75, 3.05) is 19.7 Å². The minimum atomic E-state index is -3.96. The number of halogens is 2. The lowest BCUT2D eigenvalue weighted by Crippen LogP contribution is -2.50. The van der Waals surface area contributed by atoms with E-state index in [0.717, 1.165) is 4.31 Å². The highest BCUT2D eigenvalue weighted by Gasteiger charge is 2.46. The van der Waals surface area contributed by atoms with Gasteiger partial charge in [0.1, 0.15) is 4.90 Å². The molecule has 0 bridgehead atoms. The number of sulfonamides is 1. The zero-order valence-electron chi connectivity index (χ0n) is 11.6. The molecule has 22 heavy (non-hydrogen) atoms. The molecule has 1 unspecified atom stereocenters. The number of rotatable bonds is 3. The maximum Gasteiger partial charge on any atom is 0.255 e. The van der Waals surface area contributed by atoms with Crippen molar-refractivity contribution in [1.29, 1.82) is 0 Å². The van der Waals surface area contributed by atoms with Crippen molar-refractivity contribution in [2.45, 2.75) is 17.2 Å². The molecule has 1 aromatic carbocycles. The van der Waals surface area contributed by atoms with Crippen molar-refractivity contribution in [1.82, 2.24) is 4.31 Å². The van der Waals surface area contributed by atoms with Gasteiger partial charge in [-0.2, -0.15) is 4.31 Å². The second-order valence-electron chi connectivity index (χ2n) is 5.35. The van der Waals surface area contributed by atoms with Gasteiger partial charge >= 0.3 is 0 Å². The summed E-state index contributed by atoms with van der Waals surface area (Å²) in [5.74, 6) is -4.45. The van der Waals surface area contributed by atoms with Crippen LogP contribution in [0.4, 0.5) is 8.78 Å². The minimum Gasteiger partial charge on any atom is -0.463 e. The Morgan fingerprint density at radius 2 is 2.14 bits per heavy atom. The molecule has 0 aliphatic carbocycles. The van der Waals surface area contributed by atoms with Crippen LogP contribution >= 0.6 is 0 Å². The molecule has 1 N–H and O–H groups in total. The molecule has 0 spiro atoms. The first kappa shape index (κ1) is 15.4. The van der Waals surface area contributed by atoms with E-state index < -0.39 is 41.4 Å². The van der Waals surface area contributed by atoms with Crippen LogP contribution in [0.1, 0.15) is 6.42 Å². The Hall–Kier alpha value is -1.51. The normalized spacial score (nSPS) is 23.0. The molecule has 2 aromatic rings. The SMILES string of the molecule is O=S(=O)(c1cccc2ccoc12)N1CCC(F)(F)C(CO)C1. The van der Waals surface area contributed by atoms with Crippen LogP contribution < -0.4 is 0 Å². The van der Waals surface area contributed by atoms with Crippen LogP contribution in [-0.2, 0) is 10.0 Å². The van der Waals surface area contributed by atoms with Gasteiger partial charge in [-0.3, -0.25) is 0 Å². The molecule has 2 heterocycles. The van der Waals surface area contributed by atoms with Gasteiger partial charge in [-0.25, -0.2) is 17.2 Å². The molecule has 1 atom stereocenters. The summed E-state index contributed by atoms with van der Waals surface area (Å²) in [5.41, 5.74) is 0.209. The molecule has 0 radical (unpaired) electrons. The number of hydrogen-bond acceptors (Lipinski definition) is 4. The highest BCUT2D eigenvalue weighted by Crippen LogP contribution is 2.36. The van der Waals surface area contributed by atoms with Crippen molar-refractivity contribution in [2.24, 2.45) is 5.92 Å². The van der Waals surface area contributed by atoms with Gasteiger partial charge in [0.15, 0.2) is 5.58 Å². The van der Waals surface area contributed by atoms with Gasteiger partial charge in [0, 0.05) is 24.9 Å². The van der Waals surface area contributed by atoms with E-state index in [9.17, 15) is 17.2 Å². The molecule has 1 aliphatic rings. The smallest absolute Gasteiger partial charge is 0.255 e. The summed E-state index contributed by atoms with van der Waals surface area (Å²) in [6.07, 6.45) is 0.774. The van der Waals surface area contributed by atoms with Crippen LogP contribution in [0.15, 0.2) is 39.8 Å². The molecule has 1 fully saturated rings. The van der Waals surface area contributed by atoms with E-state index in [-0.39, 0.29) is 17.0 Å². The fourth-order valence-corrected chi connectivity index (χ4v) is 4.30. The van der Waals surface area contributed by atoms with Crippen molar-refractivity contribution < 1.29 is 26.7 Å². The Balaban J connectivity index is 1.99. The Bertz CT molecular complexity index is 787. The van der Waals surface area contributed by atoms with E-state index in [4.69, 9.17) is 9.52 Å². The summed E-state index contributed by atoms with van der Waals surface area (Å²) >= 11 is 0. The summed E-state index contributed by atoms with van der Waals surface area (Å²) in [4.78, 5) is -0.0445. The predicted molar refractivity (Wildman–Crippen MR) is 75.1 cm³/mol. The van der Waals surface area contributed by atoms with Crippen LogP contribution in [0.2, 0.25) is 0 Å². The standard InChI is InChI=1S/C14H15F2NO4S/c15-14(16)5-6-17(8-11(14)9-18)22(19,20)12-3-1-2-10-4-7-21-13(10)12/h1-4,7,11,18H,5-6,8-9H2. The summed E-state index contributed by atoms with van der Waals surface area (Å²) in [6, 6.07) is 6.31. The zero-order chi connectivity index (χ0) is 16.0. The summed E-state index contributed by atoms with van der Waals surface area (Å²) in [5, 5.41) is 9.73. The first-order valence-corrected chi connectivity index (χ1v) is 8.25. The van der Waals surface area contributed by atoms with E-state index in [1.807, 2.05) is 0 Å². The van der Waals surface area contributed by atoms with Crippen LogP contribution in [-0.4, -0.2) is 43.4 Å². The number of fused-ring (bicyclic) bond motifs is 1.